The van der Waals surface area contributed by atoms with Crippen molar-refractivity contribution in [2.75, 3.05) is 4.90 Å². The topological polar surface area (TPSA) is 34.6 Å². The van der Waals surface area contributed by atoms with Gasteiger partial charge in [0.1, 0.15) is 0 Å². The Kier molecular flexibility index (Phi) is 4.73. The second kappa shape index (κ2) is 7.08. The van der Waals surface area contributed by atoms with Crippen LogP contribution in [-0.2, 0) is 9.31 Å². The molecule has 28 heavy (non-hydrogen) atoms. The van der Waals surface area contributed by atoms with Gasteiger partial charge in [-0.25, -0.2) is 0 Å². The minimum absolute atomic E-state index is 0.344. The van der Waals surface area contributed by atoms with E-state index in [-0.39, 0.29) is 18.3 Å². The minimum Gasteiger partial charge on any atom is -0.399 e. The highest BCUT2D eigenvalue weighted by atomic mass is 16.7. The summed E-state index contributed by atoms with van der Waals surface area (Å²) in [4.78, 5) is 6.35. The number of nitrogens with zero attached hydrogens (tertiary/aromatic N) is 2. The van der Waals surface area contributed by atoms with Crippen LogP contribution in [-0.4, -0.2) is 23.3 Å². The molecule has 2 heterocycles. The first-order valence-corrected chi connectivity index (χ1v) is 9.58. The van der Waals surface area contributed by atoms with Crippen LogP contribution in [0.4, 0.5) is 17.1 Å². The lowest BCUT2D eigenvalue weighted by molar-refractivity contribution is 0.00578. The Bertz CT molecular complexity index is 872. The Morgan fingerprint density at radius 3 is 1.75 bits per heavy atom. The molecule has 1 aromatic heterocycles. The van der Waals surface area contributed by atoms with Gasteiger partial charge in [0.15, 0.2) is 0 Å². The van der Waals surface area contributed by atoms with Crippen molar-refractivity contribution >= 4 is 29.6 Å². The first-order chi connectivity index (χ1) is 13.4. The van der Waals surface area contributed by atoms with E-state index in [0.29, 0.717) is 0 Å². The molecular weight excluding hydrogens is 347 g/mol. The summed E-state index contributed by atoms with van der Waals surface area (Å²) in [5.41, 5.74) is 3.55. The summed E-state index contributed by atoms with van der Waals surface area (Å²) >= 11 is 0. The summed E-state index contributed by atoms with van der Waals surface area (Å²) in [6.45, 7) is 8.29. The van der Waals surface area contributed by atoms with E-state index in [1.54, 1.807) is 0 Å². The molecule has 0 atom stereocenters. The van der Waals surface area contributed by atoms with E-state index in [1.807, 2.05) is 42.7 Å². The van der Waals surface area contributed by atoms with Crippen molar-refractivity contribution in [3.8, 4) is 0 Å². The Morgan fingerprint density at radius 2 is 1.18 bits per heavy atom. The van der Waals surface area contributed by atoms with Gasteiger partial charge in [0.2, 0.25) is 0 Å². The second-order valence-electron chi connectivity index (χ2n) is 8.06. The van der Waals surface area contributed by atoms with E-state index >= 15 is 0 Å². The van der Waals surface area contributed by atoms with E-state index in [1.165, 1.54) is 0 Å². The van der Waals surface area contributed by atoms with Crippen molar-refractivity contribution in [3.63, 3.8) is 0 Å². The van der Waals surface area contributed by atoms with Crippen LogP contribution in [0, 0.1) is 0 Å². The number of pyridine rings is 1. The van der Waals surface area contributed by atoms with Gasteiger partial charge in [-0.15, -0.1) is 0 Å². The summed E-state index contributed by atoms with van der Waals surface area (Å²) in [6, 6.07) is 22.7. The predicted molar refractivity (Wildman–Crippen MR) is 115 cm³/mol. The van der Waals surface area contributed by atoms with Crippen LogP contribution in [0.1, 0.15) is 27.7 Å². The standard InChI is InChI=1S/C23H25BN2O2/c1-22(2)23(3,4)28-24(27-22)18-10-12-20(13-11-18)26(19-8-6-5-7-9-19)21-14-16-25-17-15-21/h5-17H,1-4H3. The van der Waals surface area contributed by atoms with Gasteiger partial charge < -0.3 is 14.2 Å². The normalized spacial score (nSPS) is 17.5. The Balaban J connectivity index is 1.66. The van der Waals surface area contributed by atoms with E-state index in [0.717, 1.165) is 22.5 Å². The smallest absolute Gasteiger partial charge is 0.399 e. The van der Waals surface area contributed by atoms with Crippen LogP contribution in [0.3, 0.4) is 0 Å². The summed E-state index contributed by atoms with van der Waals surface area (Å²) in [5.74, 6) is 0. The van der Waals surface area contributed by atoms with Crippen molar-refractivity contribution in [1.29, 1.82) is 0 Å². The van der Waals surface area contributed by atoms with E-state index in [2.05, 4.69) is 74.0 Å². The summed E-state index contributed by atoms with van der Waals surface area (Å²) in [6.07, 6.45) is 3.62. The monoisotopic (exact) mass is 372 g/mol. The molecule has 0 bridgehead atoms. The van der Waals surface area contributed by atoms with Gasteiger partial charge in [0, 0.05) is 29.5 Å². The summed E-state index contributed by atoms with van der Waals surface area (Å²) in [5, 5.41) is 0. The summed E-state index contributed by atoms with van der Waals surface area (Å²) in [7, 11) is -0.356. The molecule has 0 amide bonds. The second-order valence-corrected chi connectivity index (χ2v) is 8.06. The molecule has 5 heteroatoms. The van der Waals surface area contributed by atoms with E-state index < -0.39 is 0 Å². The molecule has 4 nitrogen and oxygen atoms in total. The maximum absolute atomic E-state index is 6.18. The molecule has 1 aliphatic rings. The lowest BCUT2D eigenvalue weighted by Gasteiger charge is -2.32. The third-order valence-corrected chi connectivity index (χ3v) is 5.61. The molecule has 0 N–H and O–H groups in total. The van der Waals surface area contributed by atoms with E-state index in [9.17, 15) is 0 Å². The number of hydrogen-bond donors (Lipinski definition) is 0. The molecule has 0 saturated carbocycles. The van der Waals surface area contributed by atoms with Crippen molar-refractivity contribution in [2.24, 2.45) is 0 Å². The van der Waals surface area contributed by atoms with Gasteiger partial charge in [-0.1, -0.05) is 30.3 Å². The van der Waals surface area contributed by atoms with Gasteiger partial charge in [-0.3, -0.25) is 4.98 Å². The van der Waals surface area contributed by atoms with Crippen LogP contribution < -0.4 is 10.4 Å². The van der Waals surface area contributed by atoms with Crippen LogP contribution >= 0.6 is 0 Å². The maximum Gasteiger partial charge on any atom is 0.494 e. The van der Waals surface area contributed by atoms with Crippen molar-refractivity contribution in [2.45, 2.75) is 38.9 Å². The van der Waals surface area contributed by atoms with E-state index in [4.69, 9.17) is 9.31 Å². The lowest BCUT2D eigenvalue weighted by Crippen LogP contribution is -2.41. The SMILES string of the molecule is CC1(C)OB(c2ccc(N(c3ccccc3)c3ccncc3)cc2)OC1(C)C. The third-order valence-electron chi connectivity index (χ3n) is 5.61. The number of para-hydroxylation sites is 1. The fraction of sp³-hybridized carbons (Fsp3) is 0.261. The van der Waals surface area contributed by atoms with Gasteiger partial charge in [0.05, 0.1) is 11.2 Å². The molecule has 1 aliphatic heterocycles. The average molecular weight is 372 g/mol. The number of hydrogen-bond acceptors (Lipinski definition) is 4. The molecule has 1 saturated heterocycles. The summed E-state index contributed by atoms with van der Waals surface area (Å²) < 4.78 is 12.4. The fourth-order valence-corrected chi connectivity index (χ4v) is 3.28. The lowest BCUT2D eigenvalue weighted by atomic mass is 9.79. The number of benzene rings is 2. The quantitative estimate of drug-likeness (QED) is 0.613. The molecule has 3 aromatic rings. The minimum atomic E-state index is -0.356. The molecular formula is C23H25BN2O2. The molecule has 0 radical (unpaired) electrons. The third kappa shape index (κ3) is 3.43. The average Bonchev–Trinajstić information content (AvgIpc) is 2.92. The molecule has 142 valence electrons. The fourth-order valence-electron chi connectivity index (χ4n) is 3.28. The van der Waals surface area contributed by atoms with Gasteiger partial charge in [0.25, 0.3) is 0 Å². The zero-order valence-electron chi connectivity index (χ0n) is 16.8. The van der Waals surface area contributed by atoms with Crippen molar-refractivity contribution in [3.05, 3.63) is 79.1 Å². The Hall–Kier alpha value is -2.63. The van der Waals surface area contributed by atoms with Crippen LogP contribution in [0.2, 0.25) is 0 Å². The molecule has 4 rings (SSSR count). The largest absolute Gasteiger partial charge is 0.494 e. The predicted octanol–water partition coefficient (Wildman–Crippen LogP) is 4.85. The Morgan fingerprint density at radius 1 is 0.679 bits per heavy atom. The molecule has 0 aliphatic carbocycles. The maximum atomic E-state index is 6.18. The molecule has 0 spiro atoms. The van der Waals surface area contributed by atoms with Gasteiger partial charge in [-0.05, 0) is 69.6 Å². The first-order valence-electron chi connectivity index (χ1n) is 9.58. The van der Waals surface area contributed by atoms with Crippen molar-refractivity contribution in [1.82, 2.24) is 4.98 Å². The zero-order valence-corrected chi connectivity index (χ0v) is 16.8. The molecule has 0 unspecified atom stereocenters. The van der Waals surface area contributed by atoms with Crippen LogP contribution in [0.15, 0.2) is 79.1 Å². The number of anilines is 3. The zero-order chi connectivity index (χ0) is 19.8. The number of aromatic nitrogens is 1. The van der Waals surface area contributed by atoms with Gasteiger partial charge in [-0.2, -0.15) is 0 Å². The number of rotatable bonds is 4. The van der Waals surface area contributed by atoms with Crippen LogP contribution in [0.5, 0.6) is 0 Å². The highest BCUT2D eigenvalue weighted by Crippen LogP contribution is 2.37. The first kappa shape index (κ1) is 18.7. The highest BCUT2D eigenvalue weighted by Gasteiger charge is 2.51. The Labute approximate surface area is 167 Å². The highest BCUT2D eigenvalue weighted by molar-refractivity contribution is 6.62. The van der Waals surface area contributed by atoms with Gasteiger partial charge >= 0.3 is 7.12 Å². The van der Waals surface area contributed by atoms with Crippen molar-refractivity contribution < 1.29 is 9.31 Å². The molecule has 2 aromatic carbocycles. The van der Waals surface area contributed by atoms with Crippen LogP contribution in [0.25, 0.3) is 0 Å². The molecule has 1 fully saturated rings.